The Morgan fingerprint density at radius 1 is 1.13 bits per heavy atom. The summed E-state index contributed by atoms with van der Waals surface area (Å²) >= 11 is 3.47. The highest BCUT2D eigenvalue weighted by Crippen LogP contribution is 2.37. The number of methoxy groups -OCH3 is 1. The third-order valence-electron chi connectivity index (χ3n) is 5.63. The number of hydrogen-bond donors (Lipinski definition) is 1. The van der Waals surface area contributed by atoms with Crippen LogP contribution in [0.3, 0.4) is 0 Å². The van der Waals surface area contributed by atoms with Crippen LogP contribution in [0.5, 0.6) is 5.75 Å². The smallest absolute Gasteiger partial charge is 0.185 e. The second kappa shape index (κ2) is 7.86. The highest BCUT2D eigenvalue weighted by Gasteiger charge is 2.32. The number of nitrogens with zero attached hydrogens (tertiary/aromatic N) is 4. The molecule has 0 amide bonds. The van der Waals surface area contributed by atoms with Crippen LogP contribution in [0.25, 0.3) is 16.8 Å². The lowest BCUT2D eigenvalue weighted by atomic mass is 9.83. The number of phenols is 1. The fourth-order valence-electron chi connectivity index (χ4n) is 4.22. The van der Waals surface area contributed by atoms with Gasteiger partial charge in [0, 0.05) is 23.9 Å². The quantitative estimate of drug-likeness (QED) is 0.469. The zero-order chi connectivity index (χ0) is 21.5. The molecule has 1 unspecified atom stereocenters. The molecule has 1 N–H and O–H groups in total. The van der Waals surface area contributed by atoms with E-state index in [1.165, 1.54) is 0 Å². The summed E-state index contributed by atoms with van der Waals surface area (Å²) in [4.78, 5) is 12.9. The average Bonchev–Trinajstić information content (AvgIpc) is 3.13. The second-order valence-corrected chi connectivity index (χ2v) is 8.50. The molecule has 1 atom stereocenters. The fraction of sp³-hybridized carbons (Fsp3) is 0.217. The van der Waals surface area contributed by atoms with Gasteiger partial charge in [-0.3, -0.25) is 4.79 Å². The first-order chi connectivity index (χ1) is 15.1. The Hall–Kier alpha value is -3.10. The average molecular weight is 479 g/mol. The SMILES string of the molecule is COCc1nn2c3c(nnc2c1-c1ccc(Br)cc1)C(=O)CC(c1ccccc1O)C3. The van der Waals surface area contributed by atoms with E-state index < -0.39 is 0 Å². The largest absolute Gasteiger partial charge is 0.508 e. The van der Waals surface area contributed by atoms with E-state index in [4.69, 9.17) is 9.84 Å². The number of halogens is 1. The second-order valence-electron chi connectivity index (χ2n) is 7.58. The maximum absolute atomic E-state index is 12.9. The number of benzene rings is 2. The van der Waals surface area contributed by atoms with E-state index in [0.29, 0.717) is 30.1 Å². The number of carbonyl (C=O) groups is 1. The highest BCUT2D eigenvalue weighted by molar-refractivity contribution is 9.10. The Labute approximate surface area is 186 Å². The van der Waals surface area contributed by atoms with Crippen molar-refractivity contribution in [3.63, 3.8) is 0 Å². The third-order valence-corrected chi connectivity index (χ3v) is 6.16. The van der Waals surface area contributed by atoms with E-state index in [1.54, 1.807) is 23.8 Å². The van der Waals surface area contributed by atoms with Gasteiger partial charge in [0.05, 0.1) is 23.6 Å². The van der Waals surface area contributed by atoms with Crippen LogP contribution in [0.1, 0.15) is 39.8 Å². The van der Waals surface area contributed by atoms with Gasteiger partial charge in [-0.05, 0) is 35.7 Å². The van der Waals surface area contributed by atoms with Gasteiger partial charge in [-0.2, -0.15) is 5.10 Å². The van der Waals surface area contributed by atoms with E-state index in [-0.39, 0.29) is 23.9 Å². The molecule has 2 aromatic carbocycles. The summed E-state index contributed by atoms with van der Waals surface area (Å²) in [7, 11) is 1.62. The molecule has 0 fully saturated rings. The molecule has 0 spiro atoms. The molecule has 0 saturated heterocycles. The van der Waals surface area contributed by atoms with E-state index in [9.17, 15) is 9.90 Å². The van der Waals surface area contributed by atoms with Crippen molar-refractivity contribution in [3.8, 4) is 16.9 Å². The molecule has 156 valence electrons. The molecule has 0 aliphatic heterocycles. The maximum Gasteiger partial charge on any atom is 0.185 e. The Morgan fingerprint density at radius 3 is 2.65 bits per heavy atom. The van der Waals surface area contributed by atoms with E-state index in [2.05, 4.69) is 26.1 Å². The number of ketones is 1. The Morgan fingerprint density at radius 2 is 1.90 bits per heavy atom. The first-order valence-electron chi connectivity index (χ1n) is 9.90. The minimum Gasteiger partial charge on any atom is -0.508 e. The number of rotatable bonds is 4. The summed E-state index contributed by atoms with van der Waals surface area (Å²) in [5, 5.41) is 23.7. The van der Waals surface area contributed by atoms with Crippen molar-refractivity contribution in [1.29, 1.82) is 0 Å². The summed E-state index contributed by atoms with van der Waals surface area (Å²) < 4.78 is 8.07. The highest BCUT2D eigenvalue weighted by atomic mass is 79.9. The summed E-state index contributed by atoms with van der Waals surface area (Å²) in [6.07, 6.45) is 0.801. The first kappa shape index (κ1) is 19.8. The van der Waals surface area contributed by atoms with Crippen molar-refractivity contribution < 1.29 is 14.6 Å². The van der Waals surface area contributed by atoms with Gasteiger partial charge in [0.2, 0.25) is 0 Å². The Kier molecular flexibility index (Phi) is 5.03. The summed E-state index contributed by atoms with van der Waals surface area (Å²) in [6, 6.07) is 15.0. The van der Waals surface area contributed by atoms with Gasteiger partial charge in [-0.1, -0.05) is 46.3 Å². The van der Waals surface area contributed by atoms with E-state index in [1.807, 2.05) is 36.4 Å². The molecule has 0 bridgehead atoms. The lowest BCUT2D eigenvalue weighted by molar-refractivity contribution is 0.0955. The minimum absolute atomic E-state index is 0.0992. The van der Waals surface area contributed by atoms with Crippen molar-refractivity contribution in [2.45, 2.75) is 25.4 Å². The van der Waals surface area contributed by atoms with Crippen molar-refractivity contribution in [2.75, 3.05) is 7.11 Å². The summed E-state index contributed by atoms with van der Waals surface area (Å²) in [5.74, 6) is -0.0595. The summed E-state index contributed by atoms with van der Waals surface area (Å²) in [6.45, 7) is 0.306. The van der Waals surface area contributed by atoms with Crippen molar-refractivity contribution in [1.82, 2.24) is 19.8 Å². The fourth-order valence-corrected chi connectivity index (χ4v) is 4.48. The topological polar surface area (TPSA) is 89.6 Å². The Balaban J connectivity index is 1.69. The number of phenolic OH excluding ortho intramolecular Hbond substituents is 1. The van der Waals surface area contributed by atoms with Gasteiger partial charge in [0.15, 0.2) is 17.1 Å². The first-order valence-corrected chi connectivity index (χ1v) is 10.7. The zero-order valence-electron chi connectivity index (χ0n) is 16.7. The maximum atomic E-state index is 12.9. The van der Waals surface area contributed by atoms with E-state index >= 15 is 0 Å². The normalized spacial score (nSPS) is 15.9. The van der Waals surface area contributed by atoms with Gasteiger partial charge in [-0.25, -0.2) is 4.52 Å². The van der Waals surface area contributed by atoms with Gasteiger partial charge in [0.1, 0.15) is 5.75 Å². The minimum atomic E-state index is -0.153. The molecule has 4 aromatic rings. The van der Waals surface area contributed by atoms with Gasteiger partial charge in [-0.15, -0.1) is 10.2 Å². The van der Waals surface area contributed by atoms with Crippen LogP contribution in [0.4, 0.5) is 0 Å². The molecular formula is C23H19BrN4O3. The predicted molar refractivity (Wildman–Crippen MR) is 118 cm³/mol. The van der Waals surface area contributed by atoms with Gasteiger partial charge < -0.3 is 9.84 Å². The van der Waals surface area contributed by atoms with Gasteiger partial charge >= 0.3 is 0 Å². The molecule has 2 aromatic heterocycles. The molecular weight excluding hydrogens is 460 g/mol. The summed E-state index contributed by atoms with van der Waals surface area (Å²) in [5.41, 5.74) is 4.89. The number of carbonyl (C=O) groups excluding carboxylic acids is 1. The number of fused-ring (bicyclic) bond motifs is 3. The number of para-hydroxylation sites is 1. The van der Waals surface area contributed by atoms with Crippen molar-refractivity contribution in [3.05, 3.63) is 75.6 Å². The lowest BCUT2D eigenvalue weighted by Gasteiger charge is -2.23. The van der Waals surface area contributed by atoms with Crippen molar-refractivity contribution in [2.24, 2.45) is 0 Å². The van der Waals surface area contributed by atoms with Crippen LogP contribution in [-0.2, 0) is 17.8 Å². The molecule has 31 heavy (non-hydrogen) atoms. The molecule has 8 heteroatoms. The predicted octanol–water partition coefficient (Wildman–Crippen LogP) is 4.32. The van der Waals surface area contributed by atoms with E-state index in [0.717, 1.165) is 26.9 Å². The Bertz CT molecular complexity index is 1300. The molecule has 5 rings (SSSR count). The number of aromatic nitrogens is 4. The molecule has 7 nitrogen and oxygen atoms in total. The van der Waals surface area contributed by atoms with Gasteiger partial charge in [0.25, 0.3) is 0 Å². The molecule has 0 saturated carbocycles. The monoisotopic (exact) mass is 478 g/mol. The zero-order valence-corrected chi connectivity index (χ0v) is 18.3. The van der Waals surface area contributed by atoms with Crippen LogP contribution < -0.4 is 0 Å². The van der Waals surface area contributed by atoms with Crippen LogP contribution in [-0.4, -0.2) is 37.8 Å². The van der Waals surface area contributed by atoms with Crippen LogP contribution in [0.2, 0.25) is 0 Å². The molecule has 1 aliphatic carbocycles. The molecule has 0 radical (unpaired) electrons. The number of Topliss-reactive ketones (excluding diaryl/α,β-unsaturated/α-hetero) is 1. The van der Waals surface area contributed by atoms with Crippen molar-refractivity contribution >= 4 is 27.4 Å². The number of aromatic hydroxyl groups is 1. The van der Waals surface area contributed by atoms with Crippen LogP contribution >= 0.6 is 15.9 Å². The van der Waals surface area contributed by atoms with Crippen LogP contribution in [0, 0.1) is 0 Å². The number of hydrogen-bond acceptors (Lipinski definition) is 6. The molecule has 1 aliphatic rings. The lowest BCUT2D eigenvalue weighted by Crippen LogP contribution is -2.24. The van der Waals surface area contributed by atoms with Crippen LogP contribution in [0.15, 0.2) is 53.0 Å². The molecule has 2 heterocycles. The standard InChI is InChI=1S/C23H19BrN4O3/c1-31-12-17-21(13-6-8-15(24)9-7-13)23-26-25-22-18(28(23)27-17)10-14(11-20(22)30)16-4-2-3-5-19(16)29/h2-9,14,29H,10-12H2,1H3. The third kappa shape index (κ3) is 3.41. The number of ether oxygens (including phenoxy) is 1.